The van der Waals surface area contributed by atoms with Gasteiger partial charge in [-0.15, -0.1) is 0 Å². The minimum atomic E-state index is -0.240. The van der Waals surface area contributed by atoms with Gasteiger partial charge in [-0.25, -0.2) is 4.39 Å². The number of morpholine rings is 1. The summed E-state index contributed by atoms with van der Waals surface area (Å²) in [6.45, 7) is 5.55. The molecule has 1 aliphatic rings. The highest BCUT2D eigenvalue weighted by atomic mass is 19.1. The van der Waals surface area contributed by atoms with Crippen molar-refractivity contribution >= 4 is 5.91 Å². The van der Waals surface area contributed by atoms with Crippen molar-refractivity contribution in [3.63, 3.8) is 0 Å². The molecule has 24 heavy (non-hydrogen) atoms. The third-order valence-electron chi connectivity index (χ3n) is 4.29. The second kappa shape index (κ2) is 9.11. The van der Waals surface area contributed by atoms with Gasteiger partial charge < -0.3 is 15.0 Å². The van der Waals surface area contributed by atoms with Crippen LogP contribution >= 0.6 is 0 Å². The van der Waals surface area contributed by atoms with Crippen molar-refractivity contribution in [3.8, 4) is 0 Å². The van der Waals surface area contributed by atoms with Crippen LogP contribution in [0.1, 0.15) is 12.5 Å². The molecule has 1 N–H and O–H groups in total. The Morgan fingerprint density at radius 3 is 2.79 bits per heavy atom. The molecule has 0 aromatic heterocycles. The molecule has 2 atom stereocenters. The summed E-state index contributed by atoms with van der Waals surface area (Å²) in [4.78, 5) is 16.6. The number of nitrogens with one attached hydrogen (secondary N) is 1. The fraction of sp³-hybridized carbons (Fsp3) is 0.611. The van der Waals surface area contributed by atoms with Crippen molar-refractivity contribution in [3.05, 3.63) is 35.6 Å². The molecule has 1 heterocycles. The Balaban J connectivity index is 1.75. The highest BCUT2D eigenvalue weighted by Gasteiger charge is 2.27. The molecular weight excluding hydrogens is 309 g/mol. The number of nitrogens with zero attached hydrogens (tertiary/aromatic N) is 2. The molecule has 6 heteroatoms. The Labute approximate surface area is 143 Å². The van der Waals surface area contributed by atoms with Crippen molar-refractivity contribution in [1.29, 1.82) is 0 Å². The average Bonchev–Trinajstić information content (AvgIpc) is 2.55. The van der Waals surface area contributed by atoms with Crippen LogP contribution in [0.4, 0.5) is 4.39 Å². The van der Waals surface area contributed by atoms with Gasteiger partial charge in [-0.05, 0) is 45.1 Å². The van der Waals surface area contributed by atoms with Gasteiger partial charge in [0.05, 0.1) is 18.8 Å². The van der Waals surface area contributed by atoms with Crippen molar-refractivity contribution in [2.24, 2.45) is 0 Å². The highest BCUT2D eigenvalue weighted by Crippen LogP contribution is 2.10. The first-order valence-electron chi connectivity index (χ1n) is 8.48. The summed E-state index contributed by atoms with van der Waals surface area (Å²) in [6.07, 6.45) is 0.841. The second-order valence-electron chi connectivity index (χ2n) is 6.59. The Bertz CT molecular complexity index is 522. The lowest BCUT2D eigenvalue weighted by Gasteiger charge is -2.37. The van der Waals surface area contributed by atoms with Crippen LogP contribution in [0.3, 0.4) is 0 Å². The van der Waals surface area contributed by atoms with E-state index in [-0.39, 0.29) is 23.9 Å². The number of ether oxygens (including phenoxy) is 1. The normalized spacial score (nSPS) is 20.1. The molecule has 0 saturated carbocycles. The van der Waals surface area contributed by atoms with E-state index >= 15 is 0 Å². The van der Waals surface area contributed by atoms with Gasteiger partial charge in [0.1, 0.15) is 5.82 Å². The van der Waals surface area contributed by atoms with E-state index in [0.717, 1.165) is 25.2 Å². The monoisotopic (exact) mass is 337 g/mol. The van der Waals surface area contributed by atoms with E-state index in [1.54, 1.807) is 12.1 Å². The topological polar surface area (TPSA) is 44.8 Å². The van der Waals surface area contributed by atoms with Gasteiger partial charge in [0.2, 0.25) is 5.91 Å². The number of rotatable bonds is 7. The Hall–Kier alpha value is -1.50. The largest absolute Gasteiger partial charge is 0.374 e. The van der Waals surface area contributed by atoms with Crippen LogP contribution < -0.4 is 5.32 Å². The SMILES string of the molecule is C[C@@H](C(=O)NCCc1ccc(F)cc1)N1CCO[C@H](CN(C)C)C1. The van der Waals surface area contributed by atoms with Crippen molar-refractivity contribution in [2.75, 3.05) is 46.9 Å². The molecule has 5 nitrogen and oxygen atoms in total. The van der Waals surface area contributed by atoms with E-state index in [9.17, 15) is 9.18 Å². The third kappa shape index (κ3) is 5.85. The zero-order valence-corrected chi connectivity index (χ0v) is 14.8. The third-order valence-corrected chi connectivity index (χ3v) is 4.29. The molecular formula is C18H28FN3O2. The van der Waals surface area contributed by atoms with Gasteiger partial charge in [-0.2, -0.15) is 0 Å². The predicted octanol–water partition coefficient (Wildman–Crippen LogP) is 1.14. The average molecular weight is 337 g/mol. The summed E-state index contributed by atoms with van der Waals surface area (Å²) in [7, 11) is 4.04. The van der Waals surface area contributed by atoms with E-state index in [1.165, 1.54) is 12.1 Å². The van der Waals surface area contributed by atoms with Gasteiger partial charge in [0.15, 0.2) is 0 Å². The zero-order valence-electron chi connectivity index (χ0n) is 14.8. The van der Waals surface area contributed by atoms with E-state index in [1.807, 2.05) is 21.0 Å². The summed E-state index contributed by atoms with van der Waals surface area (Å²) in [5, 5.41) is 2.97. The van der Waals surface area contributed by atoms with Crippen LogP contribution in [-0.4, -0.2) is 74.7 Å². The molecule has 1 amide bonds. The number of hydrogen-bond acceptors (Lipinski definition) is 4. The summed E-state index contributed by atoms with van der Waals surface area (Å²) in [5.41, 5.74) is 1.02. The maximum atomic E-state index is 12.9. The van der Waals surface area contributed by atoms with Gasteiger partial charge in [0, 0.05) is 26.2 Å². The standard InChI is InChI=1S/C18H28FN3O2/c1-14(22-10-11-24-17(13-22)12-21(2)3)18(23)20-9-8-15-4-6-16(19)7-5-15/h4-7,14,17H,8-13H2,1-3H3,(H,20,23)/t14-,17+/m0/s1. The molecule has 0 aliphatic carbocycles. The van der Waals surface area contributed by atoms with Gasteiger partial charge in [-0.3, -0.25) is 9.69 Å². The number of carbonyl (C=O) groups is 1. The lowest BCUT2D eigenvalue weighted by molar-refractivity contribution is -0.129. The first-order valence-corrected chi connectivity index (χ1v) is 8.48. The van der Waals surface area contributed by atoms with Crippen molar-refractivity contribution in [1.82, 2.24) is 15.1 Å². The molecule has 1 saturated heterocycles. The Morgan fingerprint density at radius 2 is 2.12 bits per heavy atom. The number of carbonyl (C=O) groups excluding carboxylic acids is 1. The second-order valence-corrected chi connectivity index (χ2v) is 6.59. The minimum Gasteiger partial charge on any atom is -0.374 e. The van der Waals surface area contributed by atoms with E-state index < -0.39 is 0 Å². The number of likely N-dealkylation sites (N-methyl/N-ethyl adjacent to an activating group) is 1. The Morgan fingerprint density at radius 1 is 1.42 bits per heavy atom. The fourth-order valence-corrected chi connectivity index (χ4v) is 2.91. The number of hydrogen-bond donors (Lipinski definition) is 1. The lowest BCUT2D eigenvalue weighted by atomic mass is 10.1. The number of halogens is 1. The molecule has 1 fully saturated rings. The quantitative estimate of drug-likeness (QED) is 0.810. The van der Waals surface area contributed by atoms with Crippen LogP contribution in [-0.2, 0) is 16.0 Å². The molecule has 0 spiro atoms. The van der Waals surface area contributed by atoms with Crippen LogP contribution in [0.15, 0.2) is 24.3 Å². The molecule has 134 valence electrons. The highest BCUT2D eigenvalue weighted by molar-refractivity contribution is 5.81. The predicted molar refractivity (Wildman–Crippen MR) is 92.4 cm³/mol. The summed E-state index contributed by atoms with van der Waals surface area (Å²) >= 11 is 0. The fourth-order valence-electron chi connectivity index (χ4n) is 2.91. The van der Waals surface area contributed by atoms with Crippen LogP contribution in [0.5, 0.6) is 0 Å². The minimum absolute atomic E-state index is 0.0302. The van der Waals surface area contributed by atoms with Gasteiger partial charge in [0.25, 0.3) is 0 Å². The lowest BCUT2D eigenvalue weighted by Crippen LogP contribution is -2.54. The number of amides is 1. The van der Waals surface area contributed by atoms with Crippen LogP contribution in [0.2, 0.25) is 0 Å². The van der Waals surface area contributed by atoms with E-state index in [0.29, 0.717) is 19.6 Å². The smallest absolute Gasteiger partial charge is 0.237 e. The molecule has 0 radical (unpaired) electrons. The molecule has 0 bridgehead atoms. The maximum Gasteiger partial charge on any atom is 0.237 e. The van der Waals surface area contributed by atoms with Gasteiger partial charge >= 0.3 is 0 Å². The molecule has 1 aromatic carbocycles. The van der Waals surface area contributed by atoms with Gasteiger partial charge in [-0.1, -0.05) is 12.1 Å². The molecule has 0 unspecified atom stereocenters. The number of benzene rings is 1. The van der Waals surface area contributed by atoms with Crippen molar-refractivity contribution < 1.29 is 13.9 Å². The first kappa shape index (κ1) is 18.8. The first-order chi connectivity index (χ1) is 11.5. The molecule has 1 aliphatic heterocycles. The Kier molecular flexibility index (Phi) is 7.15. The van der Waals surface area contributed by atoms with E-state index in [4.69, 9.17) is 4.74 Å². The van der Waals surface area contributed by atoms with E-state index in [2.05, 4.69) is 15.1 Å². The summed E-state index contributed by atoms with van der Waals surface area (Å²) < 4.78 is 18.6. The van der Waals surface area contributed by atoms with Crippen LogP contribution in [0.25, 0.3) is 0 Å². The molecule has 1 aromatic rings. The zero-order chi connectivity index (χ0) is 17.5. The molecule has 2 rings (SSSR count). The van der Waals surface area contributed by atoms with Crippen LogP contribution in [0, 0.1) is 5.82 Å². The summed E-state index contributed by atoms with van der Waals surface area (Å²) in [6, 6.07) is 6.21. The maximum absolute atomic E-state index is 12.9. The van der Waals surface area contributed by atoms with Crippen molar-refractivity contribution in [2.45, 2.75) is 25.5 Å². The summed E-state index contributed by atoms with van der Waals surface area (Å²) in [5.74, 6) is -0.210.